The first kappa shape index (κ1) is 14.1. The summed E-state index contributed by atoms with van der Waals surface area (Å²) >= 11 is 0. The van der Waals surface area contributed by atoms with Crippen LogP contribution in [0.15, 0.2) is 54.7 Å². The van der Waals surface area contributed by atoms with Crippen LogP contribution in [0.25, 0.3) is 10.9 Å². The van der Waals surface area contributed by atoms with Gasteiger partial charge < -0.3 is 10.3 Å². The van der Waals surface area contributed by atoms with E-state index in [-0.39, 0.29) is 5.91 Å². The van der Waals surface area contributed by atoms with Gasteiger partial charge in [0.25, 0.3) is 0 Å². The second-order valence-electron chi connectivity index (χ2n) is 6.31. The zero-order valence-corrected chi connectivity index (χ0v) is 13.0. The number of aromatic amines is 1. The maximum absolute atomic E-state index is 12.3. The summed E-state index contributed by atoms with van der Waals surface area (Å²) in [6.07, 6.45) is 4.70. The Morgan fingerprint density at radius 2 is 2.09 bits per heavy atom. The van der Waals surface area contributed by atoms with Crippen LogP contribution in [-0.4, -0.2) is 10.9 Å². The van der Waals surface area contributed by atoms with Gasteiger partial charge >= 0.3 is 0 Å². The number of benzene rings is 2. The number of carbonyl (C=O) groups is 1. The van der Waals surface area contributed by atoms with Crippen molar-refractivity contribution < 1.29 is 4.79 Å². The van der Waals surface area contributed by atoms with Gasteiger partial charge in [0.05, 0.1) is 0 Å². The molecule has 1 aliphatic carbocycles. The maximum atomic E-state index is 12.3. The molecule has 4 rings (SSSR count). The molecule has 3 aromatic rings. The number of aromatic nitrogens is 1. The molecular formula is C20H20N2O. The van der Waals surface area contributed by atoms with Gasteiger partial charge in [-0.15, -0.1) is 0 Å². The largest absolute Gasteiger partial charge is 0.361 e. The number of amides is 1. The quantitative estimate of drug-likeness (QED) is 0.754. The van der Waals surface area contributed by atoms with Crippen molar-refractivity contribution in [2.24, 2.45) is 0 Å². The van der Waals surface area contributed by atoms with E-state index < -0.39 is 0 Å². The number of hydrogen-bond donors (Lipinski definition) is 2. The molecule has 3 nitrogen and oxygen atoms in total. The zero-order valence-electron chi connectivity index (χ0n) is 13.0. The fourth-order valence-corrected chi connectivity index (χ4v) is 3.57. The lowest BCUT2D eigenvalue weighted by Gasteiger charge is -2.12. The van der Waals surface area contributed by atoms with Crippen molar-refractivity contribution in [2.45, 2.75) is 31.7 Å². The molecule has 1 amide bonds. The van der Waals surface area contributed by atoms with Crippen LogP contribution in [-0.2, 0) is 17.8 Å². The Morgan fingerprint density at radius 3 is 3.04 bits per heavy atom. The van der Waals surface area contributed by atoms with Gasteiger partial charge in [-0.05, 0) is 59.0 Å². The van der Waals surface area contributed by atoms with Gasteiger partial charge in [0.2, 0.25) is 5.91 Å². The van der Waals surface area contributed by atoms with E-state index in [1.165, 1.54) is 16.5 Å². The van der Waals surface area contributed by atoms with Crippen molar-refractivity contribution in [1.29, 1.82) is 0 Å². The van der Waals surface area contributed by atoms with Crippen LogP contribution in [0.2, 0.25) is 0 Å². The lowest BCUT2D eigenvalue weighted by Crippen LogP contribution is -2.24. The Hall–Kier alpha value is -2.55. The molecule has 0 spiro atoms. The highest BCUT2D eigenvalue weighted by Gasteiger charge is 2.23. The normalized spacial score (nSPS) is 16.4. The molecule has 1 heterocycles. The van der Waals surface area contributed by atoms with E-state index in [1.807, 2.05) is 6.20 Å². The molecule has 2 aromatic carbocycles. The molecule has 2 N–H and O–H groups in total. The first-order valence-electron chi connectivity index (χ1n) is 8.20. The third-order valence-corrected chi connectivity index (χ3v) is 4.80. The fraction of sp³-hybridized carbons (Fsp3) is 0.250. The number of carbonyl (C=O) groups excluding carboxylic acids is 1. The Labute approximate surface area is 135 Å². The molecule has 0 fully saturated rings. The Balaban J connectivity index is 1.37. The molecule has 1 aliphatic rings. The third kappa shape index (κ3) is 2.87. The number of rotatable bonds is 4. The van der Waals surface area contributed by atoms with Gasteiger partial charge in [0, 0.05) is 24.7 Å². The third-order valence-electron chi connectivity index (χ3n) is 4.80. The highest BCUT2D eigenvalue weighted by atomic mass is 16.1. The predicted molar refractivity (Wildman–Crippen MR) is 92.3 cm³/mol. The van der Waals surface area contributed by atoms with Crippen LogP contribution < -0.4 is 5.32 Å². The van der Waals surface area contributed by atoms with Crippen LogP contribution in [0.4, 0.5) is 0 Å². The van der Waals surface area contributed by atoms with Crippen LogP contribution >= 0.6 is 0 Å². The van der Waals surface area contributed by atoms with Crippen LogP contribution in [0.1, 0.15) is 35.4 Å². The second-order valence-corrected chi connectivity index (χ2v) is 6.31. The molecule has 3 heteroatoms. The molecule has 1 atom stereocenters. The summed E-state index contributed by atoms with van der Waals surface area (Å²) in [6.45, 7) is 0.592. The lowest BCUT2D eigenvalue weighted by atomic mass is 9.97. The number of H-pyrrole nitrogens is 1. The summed E-state index contributed by atoms with van der Waals surface area (Å²) in [5, 5.41) is 4.25. The van der Waals surface area contributed by atoms with E-state index in [2.05, 4.69) is 58.8 Å². The monoisotopic (exact) mass is 304 g/mol. The molecule has 1 aromatic heterocycles. The molecule has 0 saturated heterocycles. The van der Waals surface area contributed by atoms with Crippen LogP contribution in [0, 0.1) is 0 Å². The van der Waals surface area contributed by atoms with E-state index in [4.69, 9.17) is 0 Å². The van der Waals surface area contributed by atoms with E-state index in [0.717, 1.165) is 23.9 Å². The van der Waals surface area contributed by atoms with Crippen LogP contribution in [0.5, 0.6) is 0 Å². The van der Waals surface area contributed by atoms with Crippen molar-refractivity contribution in [1.82, 2.24) is 10.3 Å². The van der Waals surface area contributed by atoms with E-state index >= 15 is 0 Å². The van der Waals surface area contributed by atoms with Crippen LogP contribution in [0.3, 0.4) is 0 Å². The zero-order chi connectivity index (χ0) is 15.6. The molecule has 1 unspecified atom stereocenters. The summed E-state index contributed by atoms with van der Waals surface area (Å²) in [4.78, 5) is 15.5. The van der Waals surface area contributed by atoms with E-state index in [0.29, 0.717) is 18.9 Å². The number of hydrogen-bond acceptors (Lipinski definition) is 1. The van der Waals surface area contributed by atoms with Crippen molar-refractivity contribution >= 4 is 16.8 Å². The van der Waals surface area contributed by atoms with Crippen molar-refractivity contribution in [2.75, 3.05) is 0 Å². The number of nitrogens with one attached hydrogen (secondary N) is 2. The lowest BCUT2D eigenvalue weighted by molar-refractivity contribution is -0.121. The highest BCUT2D eigenvalue weighted by molar-refractivity contribution is 5.80. The SMILES string of the molecule is O=C(CC1CCc2ccccc21)NCc1ccc2[nH]ccc2c1. The molecule has 23 heavy (non-hydrogen) atoms. The molecule has 0 radical (unpaired) electrons. The minimum absolute atomic E-state index is 0.140. The van der Waals surface area contributed by atoms with Gasteiger partial charge in [0.1, 0.15) is 0 Å². The van der Waals surface area contributed by atoms with Gasteiger partial charge in [-0.2, -0.15) is 0 Å². The summed E-state index contributed by atoms with van der Waals surface area (Å²) in [7, 11) is 0. The van der Waals surface area contributed by atoms with Gasteiger partial charge in [-0.3, -0.25) is 4.79 Å². The fourth-order valence-electron chi connectivity index (χ4n) is 3.57. The Morgan fingerprint density at radius 1 is 1.17 bits per heavy atom. The van der Waals surface area contributed by atoms with Gasteiger partial charge in [0.15, 0.2) is 0 Å². The summed E-state index contributed by atoms with van der Waals surface area (Å²) in [6, 6.07) is 16.8. The van der Waals surface area contributed by atoms with Gasteiger partial charge in [-0.1, -0.05) is 30.3 Å². The standard InChI is InChI=1S/C20H20N2O/c23-20(12-16-7-6-15-3-1-2-4-18(15)16)22-13-14-5-8-19-17(11-14)9-10-21-19/h1-5,8-11,16,21H,6-7,12-13H2,(H,22,23). The molecule has 0 bridgehead atoms. The van der Waals surface area contributed by atoms with Crippen molar-refractivity contribution in [3.63, 3.8) is 0 Å². The van der Waals surface area contributed by atoms with Crippen molar-refractivity contribution in [3.05, 3.63) is 71.4 Å². The highest BCUT2D eigenvalue weighted by Crippen LogP contribution is 2.35. The Kier molecular flexibility index (Phi) is 3.62. The summed E-state index contributed by atoms with van der Waals surface area (Å²) < 4.78 is 0. The maximum Gasteiger partial charge on any atom is 0.220 e. The molecular weight excluding hydrogens is 284 g/mol. The number of aryl methyl sites for hydroxylation is 1. The van der Waals surface area contributed by atoms with E-state index in [1.54, 1.807) is 0 Å². The second kappa shape index (κ2) is 5.92. The topological polar surface area (TPSA) is 44.9 Å². The number of fused-ring (bicyclic) bond motifs is 2. The minimum Gasteiger partial charge on any atom is -0.361 e. The summed E-state index contributed by atoms with van der Waals surface area (Å²) in [5.74, 6) is 0.513. The van der Waals surface area contributed by atoms with E-state index in [9.17, 15) is 4.79 Å². The average molecular weight is 304 g/mol. The predicted octanol–water partition coefficient (Wildman–Crippen LogP) is 3.90. The first-order chi connectivity index (χ1) is 11.3. The Bertz CT molecular complexity index is 849. The van der Waals surface area contributed by atoms with Gasteiger partial charge in [-0.25, -0.2) is 0 Å². The smallest absolute Gasteiger partial charge is 0.220 e. The summed E-state index contributed by atoms with van der Waals surface area (Å²) in [5.41, 5.74) is 5.03. The first-order valence-corrected chi connectivity index (χ1v) is 8.20. The molecule has 0 aliphatic heterocycles. The average Bonchev–Trinajstić information content (AvgIpc) is 3.20. The minimum atomic E-state index is 0.140. The molecule has 116 valence electrons. The molecule has 0 saturated carbocycles. The van der Waals surface area contributed by atoms with Crippen molar-refractivity contribution in [3.8, 4) is 0 Å².